The molecule has 2 N–H and O–H groups in total. The molecule has 18 heavy (non-hydrogen) atoms. The molecule has 0 saturated carbocycles. The Kier molecular flexibility index (Phi) is 3.53. The van der Waals surface area contributed by atoms with E-state index in [9.17, 15) is 13.2 Å². The molecule has 0 atom stereocenters. The second-order valence-corrected chi connectivity index (χ2v) is 3.59. The lowest BCUT2D eigenvalue weighted by Gasteiger charge is -2.09. The maximum Gasteiger partial charge on any atom is 0.201 e. The molecule has 0 aromatic heterocycles. The molecule has 5 heteroatoms. The van der Waals surface area contributed by atoms with Gasteiger partial charge in [0.25, 0.3) is 0 Å². The Morgan fingerprint density at radius 2 is 1.61 bits per heavy atom. The highest BCUT2D eigenvalue weighted by Gasteiger charge is 2.15. The van der Waals surface area contributed by atoms with E-state index in [4.69, 9.17) is 10.5 Å². The molecule has 0 fully saturated rings. The van der Waals surface area contributed by atoms with Crippen LogP contribution in [0.25, 0.3) is 0 Å². The van der Waals surface area contributed by atoms with Gasteiger partial charge in [0.05, 0.1) is 0 Å². The first-order valence-corrected chi connectivity index (χ1v) is 5.23. The fraction of sp³-hybridized carbons (Fsp3) is 0.0769. The van der Waals surface area contributed by atoms with E-state index >= 15 is 0 Å². The van der Waals surface area contributed by atoms with E-state index in [0.29, 0.717) is 0 Å². The summed E-state index contributed by atoms with van der Waals surface area (Å²) in [5.41, 5.74) is 5.27. The molecule has 2 aromatic rings. The first kappa shape index (κ1) is 12.4. The fourth-order valence-corrected chi connectivity index (χ4v) is 1.45. The molecule has 0 spiro atoms. The van der Waals surface area contributed by atoms with E-state index in [1.165, 1.54) is 30.3 Å². The summed E-state index contributed by atoms with van der Waals surface area (Å²) in [5, 5.41) is 0. The van der Waals surface area contributed by atoms with Gasteiger partial charge in [0.1, 0.15) is 0 Å². The number of hydrogen-bond acceptors (Lipinski definition) is 2. The van der Waals surface area contributed by atoms with Crippen molar-refractivity contribution < 1.29 is 17.9 Å². The lowest BCUT2D eigenvalue weighted by Crippen LogP contribution is -2.03. The van der Waals surface area contributed by atoms with Crippen LogP contribution in [0.5, 0.6) is 11.5 Å². The van der Waals surface area contributed by atoms with Crippen molar-refractivity contribution in [2.24, 2.45) is 5.73 Å². The highest BCUT2D eigenvalue weighted by Crippen LogP contribution is 2.28. The Morgan fingerprint density at radius 1 is 0.889 bits per heavy atom. The summed E-state index contributed by atoms with van der Waals surface area (Å²) in [6.45, 7) is -0.122. The molecule has 0 heterocycles. The number of benzene rings is 2. The van der Waals surface area contributed by atoms with E-state index in [1.54, 1.807) is 0 Å². The van der Waals surface area contributed by atoms with Gasteiger partial charge in [0, 0.05) is 12.1 Å². The van der Waals surface area contributed by atoms with Crippen molar-refractivity contribution in [2.75, 3.05) is 0 Å². The van der Waals surface area contributed by atoms with E-state index in [1.807, 2.05) is 0 Å². The fourth-order valence-electron chi connectivity index (χ4n) is 1.45. The number of ether oxygens (including phenoxy) is 1. The van der Waals surface area contributed by atoms with Gasteiger partial charge in [-0.2, -0.15) is 4.39 Å². The zero-order valence-electron chi connectivity index (χ0n) is 9.29. The molecular weight excluding hydrogens is 243 g/mol. The van der Waals surface area contributed by atoms with Gasteiger partial charge >= 0.3 is 0 Å². The summed E-state index contributed by atoms with van der Waals surface area (Å²) >= 11 is 0. The molecule has 0 radical (unpaired) electrons. The third-order valence-electron chi connectivity index (χ3n) is 2.40. The van der Waals surface area contributed by atoms with Crippen molar-refractivity contribution in [1.82, 2.24) is 0 Å². The van der Waals surface area contributed by atoms with Gasteiger partial charge in [-0.15, -0.1) is 0 Å². The van der Waals surface area contributed by atoms with Crippen molar-refractivity contribution in [1.29, 1.82) is 0 Å². The topological polar surface area (TPSA) is 35.2 Å². The Labute approximate surface area is 102 Å². The van der Waals surface area contributed by atoms with Gasteiger partial charge in [-0.05, 0) is 18.2 Å². The van der Waals surface area contributed by atoms with Crippen molar-refractivity contribution in [3.8, 4) is 11.5 Å². The largest absolute Gasteiger partial charge is 0.451 e. The zero-order valence-corrected chi connectivity index (χ0v) is 9.29. The standard InChI is InChI=1S/C13H10F3NO/c14-9-3-1-2-4-10(9)18-11-6-5-8(7-17)12(15)13(11)16/h1-6H,7,17H2. The lowest BCUT2D eigenvalue weighted by atomic mass is 10.2. The molecule has 0 aliphatic carbocycles. The Bertz CT molecular complexity index is 572. The highest BCUT2D eigenvalue weighted by atomic mass is 19.2. The van der Waals surface area contributed by atoms with Gasteiger partial charge in [0.15, 0.2) is 23.1 Å². The highest BCUT2D eigenvalue weighted by molar-refractivity contribution is 5.36. The molecule has 94 valence electrons. The molecule has 0 aliphatic rings. The first-order chi connectivity index (χ1) is 8.63. The van der Waals surface area contributed by atoms with E-state index in [-0.39, 0.29) is 23.6 Å². The van der Waals surface area contributed by atoms with Crippen molar-refractivity contribution >= 4 is 0 Å². The van der Waals surface area contributed by atoms with Crippen LogP contribution in [0.15, 0.2) is 36.4 Å². The lowest BCUT2D eigenvalue weighted by molar-refractivity contribution is 0.395. The third kappa shape index (κ3) is 2.31. The summed E-state index contributed by atoms with van der Waals surface area (Å²) in [5.74, 6) is -3.46. The molecule has 2 nitrogen and oxygen atoms in total. The van der Waals surface area contributed by atoms with E-state index < -0.39 is 17.5 Å². The van der Waals surface area contributed by atoms with Crippen molar-refractivity contribution in [2.45, 2.75) is 6.54 Å². The SMILES string of the molecule is NCc1ccc(Oc2ccccc2F)c(F)c1F. The Hall–Kier alpha value is -2.01. The molecule has 0 saturated heterocycles. The minimum absolute atomic E-state index is 0.0355. The smallest absolute Gasteiger partial charge is 0.201 e. The van der Waals surface area contributed by atoms with Crippen LogP contribution in [-0.2, 0) is 6.54 Å². The Morgan fingerprint density at radius 3 is 2.28 bits per heavy atom. The van der Waals surface area contributed by atoms with Crippen LogP contribution in [0.1, 0.15) is 5.56 Å². The molecule has 0 aliphatic heterocycles. The quantitative estimate of drug-likeness (QED) is 0.910. The van der Waals surface area contributed by atoms with Crippen LogP contribution < -0.4 is 10.5 Å². The van der Waals surface area contributed by atoms with E-state index in [0.717, 1.165) is 6.07 Å². The van der Waals surface area contributed by atoms with Crippen LogP contribution in [0.3, 0.4) is 0 Å². The van der Waals surface area contributed by atoms with Crippen molar-refractivity contribution in [3.63, 3.8) is 0 Å². The van der Waals surface area contributed by atoms with Gasteiger partial charge < -0.3 is 10.5 Å². The van der Waals surface area contributed by atoms with Crippen LogP contribution >= 0.6 is 0 Å². The predicted molar refractivity (Wildman–Crippen MR) is 60.7 cm³/mol. The van der Waals surface area contributed by atoms with Crippen LogP contribution in [-0.4, -0.2) is 0 Å². The summed E-state index contributed by atoms with van der Waals surface area (Å²) in [4.78, 5) is 0. The van der Waals surface area contributed by atoms with Gasteiger partial charge in [-0.3, -0.25) is 0 Å². The summed E-state index contributed by atoms with van der Waals surface area (Å²) in [6, 6.07) is 8.00. The van der Waals surface area contributed by atoms with Crippen LogP contribution in [0.2, 0.25) is 0 Å². The number of hydrogen-bond donors (Lipinski definition) is 1. The molecule has 0 amide bonds. The zero-order chi connectivity index (χ0) is 13.1. The number of para-hydroxylation sites is 1. The minimum atomic E-state index is -1.18. The normalized spacial score (nSPS) is 10.4. The predicted octanol–water partition coefficient (Wildman–Crippen LogP) is 3.35. The summed E-state index contributed by atoms with van der Waals surface area (Å²) in [7, 11) is 0. The van der Waals surface area contributed by atoms with E-state index in [2.05, 4.69) is 0 Å². The molecule has 2 rings (SSSR count). The number of halogens is 3. The average Bonchev–Trinajstić information content (AvgIpc) is 2.38. The third-order valence-corrected chi connectivity index (χ3v) is 2.40. The first-order valence-electron chi connectivity index (χ1n) is 5.23. The summed E-state index contributed by atoms with van der Waals surface area (Å²) < 4.78 is 45.3. The molecule has 0 bridgehead atoms. The van der Waals surface area contributed by atoms with Gasteiger partial charge in [-0.25, -0.2) is 8.78 Å². The Balaban J connectivity index is 2.36. The van der Waals surface area contributed by atoms with Crippen LogP contribution in [0.4, 0.5) is 13.2 Å². The van der Waals surface area contributed by atoms with Crippen LogP contribution in [0, 0.1) is 17.5 Å². The monoisotopic (exact) mass is 253 g/mol. The maximum absolute atomic E-state index is 13.6. The maximum atomic E-state index is 13.6. The second-order valence-electron chi connectivity index (χ2n) is 3.59. The molecule has 2 aromatic carbocycles. The minimum Gasteiger partial charge on any atom is -0.451 e. The molecular formula is C13H10F3NO. The van der Waals surface area contributed by atoms with Gasteiger partial charge in [0.2, 0.25) is 5.82 Å². The van der Waals surface area contributed by atoms with Gasteiger partial charge in [-0.1, -0.05) is 18.2 Å². The summed E-state index contributed by atoms with van der Waals surface area (Å²) in [6.07, 6.45) is 0. The number of nitrogens with two attached hydrogens (primary N) is 1. The average molecular weight is 253 g/mol. The number of rotatable bonds is 3. The van der Waals surface area contributed by atoms with Crippen molar-refractivity contribution in [3.05, 3.63) is 59.4 Å². The molecule has 0 unspecified atom stereocenters. The second kappa shape index (κ2) is 5.10.